The maximum Gasteiger partial charge on any atom is 0.310 e. The van der Waals surface area contributed by atoms with E-state index in [0.717, 1.165) is 6.42 Å². The number of terminal acetylenes is 1. The highest BCUT2D eigenvalue weighted by atomic mass is 16.6. The van der Waals surface area contributed by atoms with Crippen molar-refractivity contribution < 1.29 is 14.5 Å². The van der Waals surface area contributed by atoms with Crippen molar-refractivity contribution >= 4 is 11.6 Å². The van der Waals surface area contributed by atoms with Crippen molar-refractivity contribution in [2.45, 2.75) is 25.8 Å². The Bertz CT molecular complexity index is 549. The van der Waals surface area contributed by atoms with Gasteiger partial charge in [0.25, 0.3) is 5.91 Å². The second kappa shape index (κ2) is 7.14. The average molecular weight is 276 g/mol. The Balaban J connectivity index is 2.94. The second-order valence-electron chi connectivity index (χ2n) is 4.13. The molecule has 0 aliphatic heterocycles. The lowest BCUT2D eigenvalue weighted by Crippen LogP contribution is -2.33. The van der Waals surface area contributed by atoms with Crippen LogP contribution in [0.15, 0.2) is 18.2 Å². The SMILES string of the molecule is C#CC(CCC)NC(=O)c1ccc([N+](=O)[O-])c(OC)c1. The largest absolute Gasteiger partial charge is 0.490 e. The van der Waals surface area contributed by atoms with Gasteiger partial charge in [-0.15, -0.1) is 6.42 Å². The molecule has 1 aromatic rings. The zero-order valence-electron chi connectivity index (χ0n) is 11.4. The van der Waals surface area contributed by atoms with Gasteiger partial charge in [-0.1, -0.05) is 19.3 Å². The number of nitro benzene ring substituents is 1. The molecular formula is C14H16N2O4. The molecule has 20 heavy (non-hydrogen) atoms. The van der Waals surface area contributed by atoms with Gasteiger partial charge in [0.2, 0.25) is 0 Å². The number of hydrogen-bond donors (Lipinski definition) is 1. The minimum absolute atomic E-state index is 0.0374. The Morgan fingerprint density at radius 1 is 1.60 bits per heavy atom. The molecule has 0 saturated carbocycles. The number of nitrogens with one attached hydrogen (secondary N) is 1. The third-order valence-electron chi connectivity index (χ3n) is 2.72. The van der Waals surface area contributed by atoms with Crippen LogP contribution in [0.4, 0.5) is 5.69 Å². The summed E-state index contributed by atoms with van der Waals surface area (Å²) >= 11 is 0. The van der Waals surface area contributed by atoms with Crippen molar-refractivity contribution in [1.29, 1.82) is 0 Å². The summed E-state index contributed by atoms with van der Waals surface area (Å²) < 4.78 is 4.91. The number of carbonyl (C=O) groups excluding carboxylic acids is 1. The molecular weight excluding hydrogens is 260 g/mol. The Morgan fingerprint density at radius 2 is 2.30 bits per heavy atom. The lowest BCUT2D eigenvalue weighted by molar-refractivity contribution is -0.385. The first kappa shape index (κ1) is 15.5. The van der Waals surface area contributed by atoms with Gasteiger partial charge in [-0.05, 0) is 12.5 Å². The number of carbonyl (C=O) groups is 1. The van der Waals surface area contributed by atoms with Crippen LogP contribution in [-0.2, 0) is 0 Å². The van der Waals surface area contributed by atoms with Gasteiger partial charge in [0.05, 0.1) is 18.1 Å². The fourth-order valence-corrected chi connectivity index (χ4v) is 1.70. The van der Waals surface area contributed by atoms with Crippen molar-refractivity contribution in [3.05, 3.63) is 33.9 Å². The van der Waals surface area contributed by atoms with Crippen LogP contribution in [-0.4, -0.2) is 24.0 Å². The highest BCUT2D eigenvalue weighted by Gasteiger charge is 2.18. The van der Waals surface area contributed by atoms with Gasteiger partial charge in [0.15, 0.2) is 5.75 Å². The number of nitro groups is 1. The van der Waals surface area contributed by atoms with Crippen LogP contribution in [0.25, 0.3) is 0 Å². The Labute approximate surface area is 117 Å². The van der Waals surface area contributed by atoms with Gasteiger partial charge >= 0.3 is 5.69 Å². The number of rotatable bonds is 6. The maximum atomic E-state index is 12.0. The smallest absolute Gasteiger partial charge is 0.310 e. The van der Waals surface area contributed by atoms with Crippen molar-refractivity contribution in [3.8, 4) is 18.1 Å². The molecule has 0 aromatic heterocycles. The molecule has 1 amide bonds. The molecule has 0 spiro atoms. The third kappa shape index (κ3) is 3.72. The standard InChI is InChI=1S/C14H16N2O4/c1-4-6-11(5-2)15-14(17)10-7-8-12(16(18)19)13(9-10)20-3/h2,7-9,11H,4,6H2,1,3H3,(H,15,17). The first-order valence-electron chi connectivity index (χ1n) is 6.12. The van der Waals surface area contributed by atoms with Gasteiger partial charge in [-0.25, -0.2) is 0 Å². The summed E-state index contributed by atoms with van der Waals surface area (Å²) in [5.74, 6) is 2.15. The zero-order chi connectivity index (χ0) is 15.1. The van der Waals surface area contributed by atoms with Crippen molar-refractivity contribution in [2.24, 2.45) is 0 Å². The van der Waals surface area contributed by atoms with Gasteiger partial charge in [0.1, 0.15) is 0 Å². The van der Waals surface area contributed by atoms with E-state index in [2.05, 4.69) is 11.2 Å². The Kier molecular flexibility index (Phi) is 5.54. The highest BCUT2D eigenvalue weighted by Crippen LogP contribution is 2.27. The van der Waals surface area contributed by atoms with E-state index >= 15 is 0 Å². The molecule has 1 atom stereocenters. The molecule has 106 valence electrons. The first-order valence-corrected chi connectivity index (χ1v) is 6.12. The maximum absolute atomic E-state index is 12.0. The fourth-order valence-electron chi connectivity index (χ4n) is 1.70. The molecule has 0 saturated heterocycles. The highest BCUT2D eigenvalue weighted by molar-refractivity contribution is 5.95. The molecule has 0 aliphatic rings. The predicted octanol–water partition coefficient (Wildman–Crippen LogP) is 2.14. The van der Waals surface area contributed by atoms with Crippen LogP contribution < -0.4 is 10.1 Å². The van der Waals surface area contributed by atoms with Crippen LogP contribution in [0.5, 0.6) is 5.75 Å². The van der Waals surface area contributed by atoms with E-state index in [1.54, 1.807) is 0 Å². The molecule has 0 aliphatic carbocycles. The van der Waals surface area contributed by atoms with E-state index < -0.39 is 4.92 Å². The summed E-state index contributed by atoms with van der Waals surface area (Å²) in [5.41, 5.74) is 0.0786. The van der Waals surface area contributed by atoms with Crippen LogP contribution in [0.1, 0.15) is 30.1 Å². The molecule has 0 heterocycles. The van der Waals surface area contributed by atoms with E-state index in [9.17, 15) is 14.9 Å². The number of benzene rings is 1. The van der Waals surface area contributed by atoms with Crippen molar-refractivity contribution in [1.82, 2.24) is 5.32 Å². The quantitative estimate of drug-likeness (QED) is 0.490. The van der Waals surface area contributed by atoms with E-state index in [1.807, 2.05) is 6.92 Å². The minimum atomic E-state index is -0.568. The molecule has 6 heteroatoms. The Morgan fingerprint density at radius 3 is 2.80 bits per heavy atom. The lowest BCUT2D eigenvalue weighted by Gasteiger charge is -2.12. The monoisotopic (exact) mass is 276 g/mol. The van der Waals surface area contributed by atoms with Gasteiger partial charge in [0, 0.05) is 17.7 Å². The van der Waals surface area contributed by atoms with Gasteiger partial charge in [-0.3, -0.25) is 14.9 Å². The molecule has 1 rings (SSSR count). The minimum Gasteiger partial charge on any atom is -0.490 e. The van der Waals surface area contributed by atoms with Crippen LogP contribution >= 0.6 is 0 Å². The third-order valence-corrected chi connectivity index (χ3v) is 2.72. The summed E-state index contributed by atoms with van der Waals surface area (Å²) in [7, 11) is 1.31. The fraction of sp³-hybridized carbons (Fsp3) is 0.357. The van der Waals surface area contributed by atoms with Crippen LogP contribution in [0.3, 0.4) is 0 Å². The van der Waals surface area contributed by atoms with E-state index in [-0.39, 0.29) is 28.9 Å². The normalized spacial score (nSPS) is 11.2. The van der Waals surface area contributed by atoms with Gasteiger partial charge in [-0.2, -0.15) is 0 Å². The first-order chi connectivity index (χ1) is 9.53. The summed E-state index contributed by atoms with van der Waals surface area (Å²) in [6, 6.07) is 3.58. The number of nitrogens with zero attached hydrogens (tertiary/aromatic N) is 1. The van der Waals surface area contributed by atoms with Crippen LogP contribution in [0, 0.1) is 22.5 Å². The van der Waals surface area contributed by atoms with Crippen LogP contribution in [0.2, 0.25) is 0 Å². The average Bonchev–Trinajstić information content (AvgIpc) is 2.45. The molecule has 0 fully saturated rings. The lowest BCUT2D eigenvalue weighted by atomic mass is 10.1. The second-order valence-corrected chi connectivity index (χ2v) is 4.13. The summed E-state index contributed by atoms with van der Waals surface area (Å²) in [6.45, 7) is 1.96. The Hall–Kier alpha value is -2.55. The molecule has 0 radical (unpaired) electrons. The van der Waals surface area contributed by atoms with Gasteiger partial charge < -0.3 is 10.1 Å². The topological polar surface area (TPSA) is 81.5 Å². The summed E-state index contributed by atoms with van der Waals surface area (Å²) in [4.78, 5) is 22.2. The number of hydrogen-bond acceptors (Lipinski definition) is 4. The number of ether oxygens (including phenoxy) is 1. The summed E-state index contributed by atoms with van der Waals surface area (Å²) in [5, 5.41) is 13.5. The molecule has 1 N–H and O–H groups in total. The summed E-state index contributed by atoms with van der Waals surface area (Å²) in [6.07, 6.45) is 6.85. The molecule has 1 aromatic carbocycles. The van der Waals surface area contributed by atoms with E-state index in [0.29, 0.717) is 6.42 Å². The molecule has 1 unspecified atom stereocenters. The van der Waals surface area contributed by atoms with E-state index in [4.69, 9.17) is 11.2 Å². The number of methoxy groups -OCH3 is 1. The predicted molar refractivity (Wildman–Crippen MR) is 74.6 cm³/mol. The van der Waals surface area contributed by atoms with E-state index in [1.165, 1.54) is 25.3 Å². The molecule has 6 nitrogen and oxygen atoms in total. The number of amides is 1. The van der Waals surface area contributed by atoms with Crippen molar-refractivity contribution in [3.63, 3.8) is 0 Å². The van der Waals surface area contributed by atoms with Crippen molar-refractivity contribution in [2.75, 3.05) is 7.11 Å². The molecule has 0 bridgehead atoms. The zero-order valence-corrected chi connectivity index (χ0v) is 11.4.